The Hall–Kier alpha value is -2.75. The first-order valence-electron chi connectivity index (χ1n) is 16.4. The summed E-state index contributed by atoms with van der Waals surface area (Å²) in [6, 6.07) is 15.0. The number of anilines is 1. The van der Waals surface area contributed by atoms with Crippen molar-refractivity contribution in [1.29, 1.82) is 0 Å². The Kier molecular flexibility index (Phi) is 19.6. The first-order chi connectivity index (χ1) is 24.5. The fourth-order valence-electron chi connectivity index (χ4n) is 4.80. The molecule has 0 radical (unpaired) electrons. The molecule has 0 heterocycles. The van der Waals surface area contributed by atoms with E-state index in [9.17, 15) is 43.4 Å². The topological polar surface area (TPSA) is 222 Å². The van der Waals surface area contributed by atoms with Gasteiger partial charge in [0.15, 0.2) is 0 Å². The summed E-state index contributed by atoms with van der Waals surface area (Å²) < 4.78 is 33.8. The van der Waals surface area contributed by atoms with E-state index in [0.29, 0.717) is 62.0 Å². The zero-order chi connectivity index (χ0) is 38.8. The number of alkyl halides is 2. The lowest BCUT2D eigenvalue weighted by atomic mass is 10.1. The predicted molar refractivity (Wildman–Crippen MR) is 200 cm³/mol. The molecule has 52 heavy (non-hydrogen) atoms. The van der Waals surface area contributed by atoms with E-state index >= 15 is 0 Å². The van der Waals surface area contributed by atoms with Gasteiger partial charge in [-0.25, -0.2) is 10.2 Å². The van der Waals surface area contributed by atoms with Crippen molar-refractivity contribution < 1.29 is 52.9 Å². The summed E-state index contributed by atoms with van der Waals surface area (Å²) >= 11 is 11.8. The van der Waals surface area contributed by atoms with E-state index in [1.165, 1.54) is 11.1 Å². The highest BCUT2D eigenvalue weighted by Gasteiger charge is 2.58. The zero-order valence-corrected chi connectivity index (χ0v) is 32.5. The molecule has 0 aliphatic carbocycles. The van der Waals surface area contributed by atoms with Crippen LogP contribution in [0.3, 0.4) is 0 Å². The summed E-state index contributed by atoms with van der Waals surface area (Å²) in [7, 11) is -7.79. The lowest BCUT2D eigenvalue weighted by molar-refractivity contribution is -0.130. The van der Waals surface area contributed by atoms with Crippen LogP contribution in [-0.2, 0) is 25.1 Å². The van der Waals surface area contributed by atoms with Crippen LogP contribution < -0.4 is 15.1 Å². The Bertz CT molecular complexity index is 1500. The first kappa shape index (κ1) is 45.4. The maximum Gasteiger partial charge on any atom is 0.427 e. The maximum atomic E-state index is 12.5. The van der Waals surface area contributed by atoms with Crippen LogP contribution in [0, 0.1) is 0 Å². The van der Waals surface area contributed by atoms with Gasteiger partial charge < -0.3 is 48.9 Å². The molecule has 6 N–H and O–H groups in total. The second-order valence-corrected chi connectivity index (χ2v) is 16.7. The van der Waals surface area contributed by atoms with Gasteiger partial charge in [0.05, 0.1) is 19.4 Å². The summed E-state index contributed by atoms with van der Waals surface area (Å²) in [5, 5.41) is 10.4. The van der Waals surface area contributed by atoms with E-state index in [-0.39, 0.29) is 32.2 Å². The van der Waals surface area contributed by atoms with Gasteiger partial charge in [-0.2, -0.15) is 5.10 Å². The molecule has 0 aliphatic rings. The fourth-order valence-corrected chi connectivity index (χ4v) is 7.34. The maximum absolute atomic E-state index is 12.5. The molecule has 0 bridgehead atoms. The number of hydrogen-bond acceptors (Lipinski definition) is 10. The van der Waals surface area contributed by atoms with Crippen LogP contribution in [0.15, 0.2) is 53.6 Å². The highest BCUT2D eigenvalue weighted by atomic mass is 35.5. The number of aliphatic hydroxyl groups is 1. The van der Waals surface area contributed by atoms with Gasteiger partial charge in [0, 0.05) is 63.5 Å². The number of likely N-dealkylation sites (N-methyl/N-ethyl adjacent to an activating group) is 1. The standard InChI is InChI=1S/C32H49Cl2N5O11P2/c1-37(18-14-32(42,51(43,44)45)52(46,47)48)17-5-22-49-29-8-3-7-27(24-29)25-35-36-31(41)50-23-21-38(2)30(40)9-4-6-26-10-12-28(13-11-26)39(19-15-33)20-16-34/h3,7-8,10-13,24-25,42H,4-6,9,14-23H2,1-2H3,(H,36,41)(H2,43,44,45)(H2,46,47,48)/b35-25+. The van der Waals surface area contributed by atoms with Gasteiger partial charge in [0.25, 0.3) is 5.08 Å². The van der Waals surface area contributed by atoms with Crippen molar-refractivity contribution in [2.75, 3.05) is 76.7 Å². The van der Waals surface area contributed by atoms with E-state index in [4.69, 9.17) is 32.7 Å². The van der Waals surface area contributed by atoms with Crippen LogP contribution in [0.25, 0.3) is 0 Å². The molecular weight excluding hydrogens is 763 g/mol. The van der Waals surface area contributed by atoms with Crippen LogP contribution in [0.1, 0.15) is 36.8 Å². The van der Waals surface area contributed by atoms with Crippen molar-refractivity contribution in [2.45, 2.75) is 37.2 Å². The third-order valence-corrected chi connectivity index (χ3v) is 12.1. The van der Waals surface area contributed by atoms with Gasteiger partial charge in [0.1, 0.15) is 12.4 Å². The lowest BCUT2D eigenvalue weighted by Crippen LogP contribution is -2.34. The lowest BCUT2D eigenvalue weighted by Gasteiger charge is -2.30. The molecule has 20 heteroatoms. The molecule has 0 saturated heterocycles. The van der Waals surface area contributed by atoms with Crippen LogP contribution in [0.2, 0.25) is 0 Å². The number of aryl methyl sites for hydroxylation is 1. The zero-order valence-electron chi connectivity index (χ0n) is 29.2. The predicted octanol–water partition coefficient (Wildman–Crippen LogP) is 3.60. The first-order valence-corrected chi connectivity index (χ1v) is 20.7. The largest absolute Gasteiger partial charge is 0.494 e. The molecule has 0 aliphatic heterocycles. The Labute approximate surface area is 314 Å². The highest BCUT2D eigenvalue weighted by Crippen LogP contribution is 2.68. The molecule has 2 aromatic rings. The number of hydrazone groups is 1. The molecular formula is C32H49Cl2N5O11P2. The number of benzene rings is 2. The minimum Gasteiger partial charge on any atom is -0.494 e. The minimum atomic E-state index is -5.50. The Balaban J connectivity index is 1.65. The van der Waals surface area contributed by atoms with Crippen molar-refractivity contribution in [1.82, 2.24) is 15.2 Å². The van der Waals surface area contributed by atoms with Crippen molar-refractivity contribution >= 4 is 62.3 Å². The number of rotatable bonds is 24. The number of halogens is 2. The molecule has 2 amide bonds. The fraction of sp³-hybridized carbons (Fsp3) is 0.531. The van der Waals surface area contributed by atoms with Gasteiger partial charge in [-0.1, -0.05) is 24.3 Å². The van der Waals surface area contributed by atoms with Gasteiger partial charge in [-0.3, -0.25) is 13.9 Å². The molecule has 2 aromatic carbocycles. The summed E-state index contributed by atoms with van der Waals surface area (Å²) in [6.07, 6.45) is 2.01. The molecule has 0 saturated carbocycles. The summed E-state index contributed by atoms with van der Waals surface area (Å²) in [6.45, 7) is 2.03. The average Bonchev–Trinajstić information content (AvgIpc) is 3.08. The summed E-state index contributed by atoms with van der Waals surface area (Å²) in [4.78, 5) is 66.8. The van der Waals surface area contributed by atoms with E-state index < -0.39 is 32.8 Å². The van der Waals surface area contributed by atoms with Gasteiger partial charge in [-0.05, 0) is 61.7 Å². The Morgan fingerprint density at radius 1 is 0.904 bits per heavy atom. The van der Waals surface area contributed by atoms with Crippen LogP contribution in [-0.4, -0.2) is 130 Å². The van der Waals surface area contributed by atoms with Crippen molar-refractivity contribution in [3.8, 4) is 5.75 Å². The number of hydrogen-bond donors (Lipinski definition) is 6. The molecule has 2 rings (SSSR count). The van der Waals surface area contributed by atoms with Gasteiger partial charge in [0.2, 0.25) is 5.91 Å². The van der Waals surface area contributed by atoms with Crippen LogP contribution in [0.5, 0.6) is 5.75 Å². The van der Waals surface area contributed by atoms with E-state index in [0.717, 1.165) is 17.7 Å². The molecule has 0 spiro atoms. The number of nitrogens with one attached hydrogen (secondary N) is 1. The average molecular weight is 813 g/mol. The van der Waals surface area contributed by atoms with Crippen molar-refractivity contribution in [3.63, 3.8) is 0 Å². The van der Waals surface area contributed by atoms with Gasteiger partial charge >= 0.3 is 21.3 Å². The van der Waals surface area contributed by atoms with E-state index in [2.05, 4.69) is 15.4 Å². The number of carbonyl (C=O) groups is 2. The van der Waals surface area contributed by atoms with Gasteiger partial charge in [-0.15, -0.1) is 23.2 Å². The summed E-state index contributed by atoms with van der Waals surface area (Å²) in [5.74, 6) is 1.47. The second kappa shape index (κ2) is 22.5. The normalized spacial score (nSPS) is 12.3. The Morgan fingerprint density at radius 3 is 2.17 bits per heavy atom. The molecule has 0 aromatic heterocycles. The number of ether oxygens (including phenoxy) is 2. The number of carbonyl (C=O) groups excluding carboxylic acids is 2. The molecule has 0 atom stereocenters. The van der Waals surface area contributed by atoms with Crippen molar-refractivity contribution in [2.24, 2.45) is 5.10 Å². The van der Waals surface area contributed by atoms with Crippen LogP contribution in [0.4, 0.5) is 10.5 Å². The number of nitrogens with zero attached hydrogens (tertiary/aromatic N) is 4. The van der Waals surface area contributed by atoms with Crippen LogP contribution >= 0.6 is 38.4 Å². The second-order valence-electron chi connectivity index (χ2n) is 11.9. The third kappa shape index (κ3) is 15.7. The molecule has 0 unspecified atom stereocenters. The highest BCUT2D eigenvalue weighted by molar-refractivity contribution is 7.72. The number of amides is 2. The summed E-state index contributed by atoms with van der Waals surface area (Å²) in [5.41, 5.74) is 5.06. The monoisotopic (exact) mass is 811 g/mol. The molecule has 16 nitrogen and oxygen atoms in total. The quantitative estimate of drug-likeness (QED) is 0.0294. The molecule has 292 valence electrons. The Morgan fingerprint density at radius 2 is 1.56 bits per heavy atom. The smallest absolute Gasteiger partial charge is 0.427 e. The van der Waals surface area contributed by atoms with E-state index in [1.807, 2.05) is 24.3 Å². The molecule has 0 fully saturated rings. The van der Waals surface area contributed by atoms with Crippen molar-refractivity contribution in [3.05, 3.63) is 59.7 Å². The minimum absolute atomic E-state index is 0.0150. The SMILES string of the molecule is CN(CCCOc1cccc(/C=N/NC(=O)OCCN(C)C(=O)CCCc2ccc(N(CCCl)CCCl)cc2)c1)CCC(O)(P(=O)(O)O)P(=O)(O)O. The van der Waals surface area contributed by atoms with E-state index in [1.54, 1.807) is 43.3 Å². The third-order valence-electron chi connectivity index (χ3n) is 7.89.